The summed E-state index contributed by atoms with van der Waals surface area (Å²) in [4.78, 5) is 5.58. The van der Waals surface area contributed by atoms with Crippen molar-refractivity contribution >= 4 is 0 Å². The normalized spacial score (nSPS) is 12.4. The number of nitrogens with zero attached hydrogens (tertiary/aromatic N) is 2. The highest BCUT2D eigenvalue weighted by atomic mass is 19.4. The lowest BCUT2D eigenvalue weighted by atomic mass is 10.2. The maximum atomic E-state index is 12.3. The Morgan fingerprint density at radius 1 is 1.25 bits per heavy atom. The quantitative estimate of drug-likeness (QED) is 0.836. The molecule has 0 saturated heterocycles. The van der Waals surface area contributed by atoms with Crippen molar-refractivity contribution in [3.8, 4) is 0 Å². The van der Waals surface area contributed by atoms with Gasteiger partial charge in [0.2, 0.25) is 0 Å². The molecule has 1 heterocycles. The maximum absolute atomic E-state index is 12.3. The number of pyridine rings is 1. The Balaban J connectivity index is 2.51. The van der Waals surface area contributed by atoms with E-state index in [0.717, 1.165) is 12.2 Å². The average Bonchev–Trinajstić information content (AvgIpc) is 2.26. The summed E-state index contributed by atoms with van der Waals surface area (Å²) in [5.41, 5.74) is 1.50. The third-order valence-electron chi connectivity index (χ3n) is 2.60. The van der Waals surface area contributed by atoms with Crippen LogP contribution in [-0.4, -0.2) is 36.2 Å². The Hall–Kier alpha value is -1.14. The molecule has 0 aliphatic carbocycles. The molecule has 0 bridgehead atoms. The van der Waals surface area contributed by atoms with Crippen LogP contribution in [0, 0.1) is 5.92 Å². The van der Waals surface area contributed by atoms with Crippen molar-refractivity contribution in [2.45, 2.75) is 33.1 Å². The molecule has 0 saturated carbocycles. The van der Waals surface area contributed by atoms with Gasteiger partial charge in [-0.05, 0) is 31.6 Å². The summed E-state index contributed by atoms with van der Waals surface area (Å²) in [7, 11) is 1.44. The second-order valence-corrected chi connectivity index (χ2v) is 5.43. The van der Waals surface area contributed by atoms with Crippen LogP contribution in [0.5, 0.6) is 0 Å². The second-order valence-electron chi connectivity index (χ2n) is 5.43. The predicted molar refractivity (Wildman–Crippen MR) is 73.2 cm³/mol. The van der Waals surface area contributed by atoms with Crippen LogP contribution in [-0.2, 0) is 13.1 Å². The fraction of sp³-hybridized carbons (Fsp3) is 0.643. The number of aromatic nitrogens is 1. The number of rotatable bonds is 7. The number of alkyl halides is 3. The fourth-order valence-corrected chi connectivity index (χ4v) is 1.84. The molecule has 1 aromatic rings. The van der Waals surface area contributed by atoms with Crippen LogP contribution in [0.15, 0.2) is 18.2 Å². The van der Waals surface area contributed by atoms with E-state index in [1.807, 2.05) is 12.1 Å². The molecule has 0 amide bonds. The lowest BCUT2D eigenvalue weighted by molar-refractivity contribution is -0.144. The van der Waals surface area contributed by atoms with Crippen molar-refractivity contribution in [1.29, 1.82) is 0 Å². The van der Waals surface area contributed by atoms with Gasteiger partial charge >= 0.3 is 6.18 Å². The van der Waals surface area contributed by atoms with Gasteiger partial charge < -0.3 is 5.32 Å². The maximum Gasteiger partial charge on any atom is 0.401 e. The summed E-state index contributed by atoms with van der Waals surface area (Å²) < 4.78 is 36.8. The van der Waals surface area contributed by atoms with Crippen LogP contribution < -0.4 is 5.32 Å². The van der Waals surface area contributed by atoms with Gasteiger partial charge in [0.05, 0.1) is 17.9 Å². The van der Waals surface area contributed by atoms with E-state index in [1.54, 1.807) is 6.07 Å². The number of nitrogens with one attached hydrogen (secondary N) is 1. The zero-order chi connectivity index (χ0) is 15.2. The summed E-state index contributed by atoms with van der Waals surface area (Å²) >= 11 is 0. The predicted octanol–water partition coefficient (Wildman–Crippen LogP) is 2.82. The van der Waals surface area contributed by atoms with Gasteiger partial charge in [-0.15, -0.1) is 0 Å². The van der Waals surface area contributed by atoms with Gasteiger partial charge in [-0.2, -0.15) is 13.2 Å². The van der Waals surface area contributed by atoms with Gasteiger partial charge in [0.1, 0.15) is 0 Å². The Morgan fingerprint density at radius 3 is 2.50 bits per heavy atom. The van der Waals surface area contributed by atoms with E-state index >= 15 is 0 Å². The summed E-state index contributed by atoms with van der Waals surface area (Å²) in [5, 5.41) is 3.26. The standard InChI is InChI=1S/C14H22F3N3/c1-11(2)7-18-8-12-5-4-6-13(19-12)9-20(3)10-14(15,16)17/h4-6,11,18H,7-10H2,1-3H3. The molecule has 114 valence electrons. The van der Waals surface area contributed by atoms with Crippen molar-refractivity contribution in [3.05, 3.63) is 29.6 Å². The number of hydrogen-bond acceptors (Lipinski definition) is 3. The van der Waals surface area contributed by atoms with Gasteiger partial charge in [0, 0.05) is 13.1 Å². The molecule has 0 aromatic carbocycles. The minimum absolute atomic E-state index is 0.192. The second kappa shape index (κ2) is 7.59. The number of halogens is 3. The lowest BCUT2D eigenvalue weighted by Gasteiger charge is -2.18. The van der Waals surface area contributed by atoms with E-state index in [0.29, 0.717) is 18.2 Å². The van der Waals surface area contributed by atoms with E-state index in [-0.39, 0.29) is 6.54 Å². The van der Waals surface area contributed by atoms with E-state index < -0.39 is 12.7 Å². The molecule has 0 spiro atoms. The first-order valence-corrected chi connectivity index (χ1v) is 6.67. The van der Waals surface area contributed by atoms with Crippen molar-refractivity contribution in [3.63, 3.8) is 0 Å². The molecule has 0 fully saturated rings. The van der Waals surface area contributed by atoms with Gasteiger partial charge in [-0.1, -0.05) is 19.9 Å². The van der Waals surface area contributed by atoms with Crippen LogP contribution in [0.25, 0.3) is 0 Å². The highest BCUT2D eigenvalue weighted by Crippen LogP contribution is 2.16. The molecule has 1 N–H and O–H groups in total. The van der Waals surface area contributed by atoms with Gasteiger partial charge in [0.15, 0.2) is 0 Å². The molecule has 0 unspecified atom stereocenters. The van der Waals surface area contributed by atoms with Crippen LogP contribution in [0.1, 0.15) is 25.2 Å². The molecule has 20 heavy (non-hydrogen) atoms. The van der Waals surface area contributed by atoms with E-state index in [2.05, 4.69) is 24.1 Å². The Bertz CT molecular complexity index is 405. The molecule has 0 aliphatic rings. The molecular formula is C14H22F3N3. The van der Waals surface area contributed by atoms with E-state index in [4.69, 9.17) is 0 Å². The third-order valence-corrected chi connectivity index (χ3v) is 2.60. The molecule has 6 heteroatoms. The summed E-state index contributed by atoms with van der Waals surface area (Å²) in [5.74, 6) is 0.552. The highest BCUT2D eigenvalue weighted by Gasteiger charge is 2.29. The Kier molecular flexibility index (Phi) is 6.42. The van der Waals surface area contributed by atoms with Crippen molar-refractivity contribution in [2.75, 3.05) is 20.1 Å². The molecule has 1 aromatic heterocycles. The summed E-state index contributed by atoms with van der Waals surface area (Å²) in [6, 6.07) is 5.45. The third kappa shape index (κ3) is 7.45. The van der Waals surface area contributed by atoms with Gasteiger partial charge in [-0.3, -0.25) is 9.88 Å². The smallest absolute Gasteiger partial charge is 0.311 e. The van der Waals surface area contributed by atoms with Gasteiger partial charge in [-0.25, -0.2) is 0 Å². The van der Waals surface area contributed by atoms with Crippen LogP contribution in [0.3, 0.4) is 0 Å². The zero-order valence-corrected chi connectivity index (χ0v) is 12.2. The zero-order valence-electron chi connectivity index (χ0n) is 12.2. The first kappa shape index (κ1) is 16.9. The fourth-order valence-electron chi connectivity index (χ4n) is 1.84. The highest BCUT2D eigenvalue weighted by molar-refractivity contribution is 5.11. The average molecular weight is 289 g/mol. The molecule has 0 radical (unpaired) electrons. The Labute approximate surface area is 118 Å². The van der Waals surface area contributed by atoms with E-state index in [1.165, 1.54) is 11.9 Å². The lowest BCUT2D eigenvalue weighted by Crippen LogP contribution is -2.31. The largest absolute Gasteiger partial charge is 0.401 e. The molecule has 1 rings (SSSR count). The van der Waals surface area contributed by atoms with Crippen molar-refractivity contribution in [1.82, 2.24) is 15.2 Å². The summed E-state index contributed by atoms with van der Waals surface area (Å²) in [6.07, 6.45) is -4.18. The number of hydrogen-bond donors (Lipinski definition) is 1. The topological polar surface area (TPSA) is 28.2 Å². The van der Waals surface area contributed by atoms with Crippen LogP contribution >= 0.6 is 0 Å². The monoisotopic (exact) mass is 289 g/mol. The minimum atomic E-state index is -4.18. The molecule has 3 nitrogen and oxygen atoms in total. The molecule has 0 aliphatic heterocycles. The first-order valence-electron chi connectivity index (χ1n) is 6.67. The van der Waals surface area contributed by atoms with Crippen LogP contribution in [0.2, 0.25) is 0 Å². The molecule has 0 atom stereocenters. The van der Waals surface area contributed by atoms with Crippen LogP contribution in [0.4, 0.5) is 13.2 Å². The minimum Gasteiger partial charge on any atom is -0.311 e. The Morgan fingerprint density at radius 2 is 1.90 bits per heavy atom. The SMILES string of the molecule is CC(C)CNCc1cccc(CN(C)CC(F)(F)F)n1. The van der Waals surface area contributed by atoms with Crippen molar-refractivity contribution < 1.29 is 13.2 Å². The summed E-state index contributed by atoms with van der Waals surface area (Å²) in [6.45, 7) is 5.02. The van der Waals surface area contributed by atoms with Crippen molar-refractivity contribution in [2.24, 2.45) is 5.92 Å². The van der Waals surface area contributed by atoms with E-state index in [9.17, 15) is 13.2 Å². The first-order chi connectivity index (χ1) is 9.26. The van der Waals surface area contributed by atoms with Gasteiger partial charge in [0.25, 0.3) is 0 Å². The molecular weight excluding hydrogens is 267 g/mol.